The molecule has 5 aromatic carbocycles. The molecule has 194 valence electrons. The first-order valence-corrected chi connectivity index (χ1v) is 18.7. The Morgan fingerprint density at radius 3 is 1.95 bits per heavy atom. The number of halogens is 2. The quantitative estimate of drug-likeness (QED) is 0.206. The van der Waals surface area contributed by atoms with Crippen LogP contribution >= 0.6 is 0 Å². The number of hydrogen-bond acceptors (Lipinski definition) is 0. The van der Waals surface area contributed by atoms with Gasteiger partial charge in [0.25, 0.3) is 0 Å². The predicted molar refractivity (Wildman–Crippen MR) is 155 cm³/mol. The van der Waals surface area contributed by atoms with Gasteiger partial charge >= 0.3 is 41.9 Å². The van der Waals surface area contributed by atoms with Gasteiger partial charge in [0, 0.05) is 0 Å². The van der Waals surface area contributed by atoms with Gasteiger partial charge in [0.15, 0.2) is 0 Å². The normalized spacial score (nSPS) is 10.1. The maximum Gasteiger partial charge on any atom is -0.0276 e. The van der Waals surface area contributed by atoms with E-state index in [1.165, 1.54) is 60.5 Å². The van der Waals surface area contributed by atoms with Crippen molar-refractivity contribution in [2.45, 2.75) is 60.6 Å². The molecule has 0 heterocycles. The average molecular weight is 625 g/mol. The Morgan fingerprint density at radius 2 is 1.38 bits per heavy atom. The summed E-state index contributed by atoms with van der Waals surface area (Å²) in [5.74, 6) is 0.631. The van der Waals surface area contributed by atoms with Crippen LogP contribution < -0.4 is 24.8 Å². The molecular weight excluding hydrogens is 587 g/mol. The van der Waals surface area contributed by atoms with Gasteiger partial charge in [0.2, 0.25) is 0 Å². The molecule has 0 aliphatic rings. The van der Waals surface area contributed by atoms with Gasteiger partial charge in [-0.05, 0) is 25.3 Å². The largest absolute Gasteiger partial charge is 1.00 e. The minimum absolute atomic E-state index is 0. The molecule has 0 N–H and O–H groups in total. The molecule has 0 aliphatic carbocycles. The first kappa shape index (κ1) is 33.6. The molecule has 0 unspecified atom stereocenters. The fourth-order valence-corrected chi connectivity index (χ4v) is 4.48. The van der Waals surface area contributed by atoms with Crippen molar-refractivity contribution >= 4 is 27.0 Å². The van der Waals surface area contributed by atoms with Crippen molar-refractivity contribution < 1.29 is 48.1 Å². The predicted octanol–water partition coefficient (Wildman–Crippen LogP) is 3.93. The van der Waals surface area contributed by atoms with Crippen LogP contribution in [-0.4, -0.2) is 5.43 Å². The van der Waals surface area contributed by atoms with Crippen LogP contribution in [0.1, 0.15) is 47.6 Å². The second-order valence-corrected chi connectivity index (χ2v) is 19.5. The van der Waals surface area contributed by atoms with E-state index in [4.69, 9.17) is 0 Å². The van der Waals surface area contributed by atoms with E-state index < -0.39 is 0 Å². The minimum atomic E-state index is 0. The SMILES string of the molecule is C[Si](C)=[Zr+2].Cc1cc2c(-c3ccccc3)c(C)c(C)cc2[cH-]1.Cc1cccc2cc(C(C)C)[cH-]c12.[Cl-].[Cl-]. The summed E-state index contributed by atoms with van der Waals surface area (Å²) >= 11 is 1.74. The Bertz CT molecular complexity index is 1440. The number of benzene rings is 3. The fraction of sp³-hybridized carbons (Fsp3) is 0.273. The Kier molecular flexibility index (Phi) is 13.8. The topological polar surface area (TPSA) is 0 Å². The van der Waals surface area contributed by atoms with Crippen molar-refractivity contribution in [1.82, 2.24) is 0 Å². The molecule has 0 atom stereocenters. The molecule has 37 heavy (non-hydrogen) atoms. The third-order valence-corrected chi connectivity index (χ3v) is 6.39. The zero-order valence-electron chi connectivity index (χ0n) is 23.3. The summed E-state index contributed by atoms with van der Waals surface area (Å²) in [4.78, 5) is 0. The van der Waals surface area contributed by atoms with E-state index in [0.717, 1.165) is 0 Å². The van der Waals surface area contributed by atoms with Gasteiger partial charge in [0.05, 0.1) is 0 Å². The molecule has 0 bridgehead atoms. The zero-order chi connectivity index (χ0) is 25.7. The van der Waals surface area contributed by atoms with Crippen LogP contribution in [-0.2, 0) is 23.3 Å². The van der Waals surface area contributed by atoms with Gasteiger partial charge in [-0.2, -0.15) is 12.1 Å². The van der Waals surface area contributed by atoms with E-state index in [9.17, 15) is 0 Å². The standard InChI is InChI=1S/C18H17.C13H15.C2H6Si.2ClH.Zr/c1-12-9-16-11-13(2)14(3)18(17(16)10-12)15-7-5-4-6-8-15;1-9(2)12-7-11-6-4-5-10(3)13(11)8-12;1-3-2;;;/h4-11H,1-3H3;4-9H,1-3H3;1-2H3;2*1H;/q2*-1;;;;+2/p-2. The third-order valence-electron chi connectivity index (χ3n) is 6.39. The van der Waals surface area contributed by atoms with Crippen LogP contribution in [0.25, 0.3) is 32.7 Å². The number of rotatable bonds is 2. The Hall–Kier alpha value is -1.44. The maximum atomic E-state index is 2.31. The molecule has 0 aromatic heterocycles. The first-order valence-electron chi connectivity index (χ1n) is 12.5. The third kappa shape index (κ3) is 8.79. The summed E-state index contributed by atoms with van der Waals surface area (Å²) in [7, 11) is 0. The summed E-state index contributed by atoms with van der Waals surface area (Å²) < 4.78 is 0. The Balaban J connectivity index is 0.000000319. The number of fused-ring (bicyclic) bond motifs is 2. The molecule has 0 radical (unpaired) electrons. The van der Waals surface area contributed by atoms with Crippen molar-refractivity contribution in [3.05, 3.63) is 107 Å². The van der Waals surface area contributed by atoms with Crippen molar-refractivity contribution in [1.29, 1.82) is 0 Å². The monoisotopic (exact) mass is 622 g/mol. The summed E-state index contributed by atoms with van der Waals surface area (Å²) in [6.07, 6.45) is 0. The number of aryl methyl sites for hydroxylation is 3. The van der Waals surface area contributed by atoms with Crippen LogP contribution in [0.15, 0.2) is 78.9 Å². The summed E-state index contributed by atoms with van der Waals surface area (Å²) in [5, 5.41) is 5.52. The molecular formula is C33H38Cl2SiZr-2. The molecule has 0 saturated heterocycles. The first-order chi connectivity index (χ1) is 16.6. The summed E-state index contributed by atoms with van der Waals surface area (Å²) in [5.41, 5.74) is 9.84. The molecule has 4 heteroatoms. The van der Waals surface area contributed by atoms with Crippen LogP contribution in [0.5, 0.6) is 0 Å². The van der Waals surface area contributed by atoms with Crippen molar-refractivity contribution in [3.8, 4) is 11.1 Å². The van der Waals surface area contributed by atoms with Crippen molar-refractivity contribution in [2.24, 2.45) is 0 Å². The average Bonchev–Trinajstić information content (AvgIpc) is 3.39. The van der Waals surface area contributed by atoms with E-state index in [-0.39, 0.29) is 30.2 Å². The minimum Gasteiger partial charge on any atom is -1.00 e. The van der Waals surface area contributed by atoms with Gasteiger partial charge in [-0.25, -0.2) is 0 Å². The van der Waals surface area contributed by atoms with E-state index in [2.05, 4.69) is 133 Å². The molecule has 0 saturated carbocycles. The number of hydrogen-bond donors (Lipinski definition) is 0. The van der Waals surface area contributed by atoms with Crippen LogP contribution in [0, 0.1) is 27.7 Å². The zero-order valence-corrected chi connectivity index (χ0v) is 28.3. The van der Waals surface area contributed by atoms with Gasteiger partial charge in [-0.15, -0.1) is 68.6 Å². The molecule has 0 amide bonds. The Morgan fingerprint density at radius 1 is 0.757 bits per heavy atom. The van der Waals surface area contributed by atoms with Gasteiger partial charge in [-0.3, -0.25) is 0 Å². The Labute approximate surface area is 251 Å². The summed E-state index contributed by atoms with van der Waals surface area (Å²) in [6.45, 7) is 17.9. The van der Waals surface area contributed by atoms with Gasteiger partial charge in [-0.1, -0.05) is 80.8 Å². The van der Waals surface area contributed by atoms with Gasteiger partial charge in [0.1, 0.15) is 0 Å². The second-order valence-electron chi connectivity index (χ2n) is 10.1. The van der Waals surface area contributed by atoms with Crippen LogP contribution in [0.3, 0.4) is 0 Å². The van der Waals surface area contributed by atoms with Crippen molar-refractivity contribution in [3.63, 3.8) is 0 Å². The van der Waals surface area contributed by atoms with E-state index in [0.29, 0.717) is 5.92 Å². The molecule has 5 aromatic rings. The molecule has 5 rings (SSSR count). The van der Waals surface area contributed by atoms with E-state index in [1.807, 2.05) is 0 Å². The van der Waals surface area contributed by atoms with E-state index >= 15 is 0 Å². The van der Waals surface area contributed by atoms with Crippen LogP contribution in [0.2, 0.25) is 13.1 Å². The summed E-state index contributed by atoms with van der Waals surface area (Å²) in [6, 6.07) is 28.7. The van der Waals surface area contributed by atoms with Crippen molar-refractivity contribution in [2.75, 3.05) is 0 Å². The second kappa shape index (κ2) is 15.2. The van der Waals surface area contributed by atoms with Crippen LogP contribution in [0.4, 0.5) is 0 Å². The molecule has 0 aliphatic heterocycles. The molecule has 0 nitrogen and oxygen atoms in total. The fourth-order valence-electron chi connectivity index (χ4n) is 4.48. The van der Waals surface area contributed by atoms with Gasteiger partial charge < -0.3 is 24.8 Å². The molecule has 0 fully saturated rings. The van der Waals surface area contributed by atoms with E-state index in [1.54, 1.807) is 23.3 Å². The molecule has 0 spiro atoms. The smallest absolute Gasteiger partial charge is 0.0276 e. The maximum absolute atomic E-state index is 2.31.